The van der Waals surface area contributed by atoms with E-state index in [9.17, 15) is 9.59 Å². The van der Waals surface area contributed by atoms with Crippen molar-refractivity contribution in [1.29, 1.82) is 0 Å². The van der Waals surface area contributed by atoms with E-state index in [-0.39, 0.29) is 24.7 Å². The average molecular weight is 321 g/mol. The maximum atomic E-state index is 11.9. The molecule has 0 saturated heterocycles. The fourth-order valence-corrected chi connectivity index (χ4v) is 2.05. The standard InChI is InChI=1S/C15H19N3O5/c1-9(2)7-11(15(20)21)16-12(19)3-4-13-17-14(18-23-13)10-5-6-22-8-10/h5-6,8-9,11H,3-4,7H2,1-2H3,(H,16,19)(H,20,21)/t11-/m0/s1. The fourth-order valence-electron chi connectivity index (χ4n) is 2.05. The van der Waals surface area contributed by atoms with Gasteiger partial charge in [0.05, 0.1) is 11.8 Å². The van der Waals surface area contributed by atoms with Crippen LogP contribution < -0.4 is 5.32 Å². The average Bonchev–Trinajstić information content (AvgIpc) is 3.14. The zero-order chi connectivity index (χ0) is 16.8. The van der Waals surface area contributed by atoms with Gasteiger partial charge in [-0.25, -0.2) is 4.79 Å². The van der Waals surface area contributed by atoms with E-state index in [1.54, 1.807) is 6.07 Å². The summed E-state index contributed by atoms with van der Waals surface area (Å²) in [4.78, 5) is 27.1. The number of rotatable bonds is 8. The van der Waals surface area contributed by atoms with Crippen LogP contribution >= 0.6 is 0 Å². The summed E-state index contributed by atoms with van der Waals surface area (Å²) in [7, 11) is 0. The van der Waals surface area contributed by atoms with Crippen molar-refractivity contribution in [3.05, 3.63) is 24.5 Å². The number of nitrogens with zero attached hydrogens (tertiary/aromatic N) is 2. The zero-order valence-electron chi connectivity index (χ0n) is 13.0. The molecule has 0 bridgehead atoms. The zero-order valence-corrected chi connectivity index (χ0v) is 13.0. The molecule has 0 radical (unpaired) electrons. The van der Waals surface area contributed by atoms with Gasteiger partial charge in [-0.1, -0.05) is 19.0 Å². The number of aliphatic carboxylic acids is 1. The number of hydrogen-bond donors (Lipinski definition) is 2. The Balaban J connectivity index is 1.85. The molecule has 1 amide bonds. The van der Waals surface area contributed by atoms with Gasteiger partial charge in [-0.3, -0.25) is 4.79 Å². The van der Waals surface area contributed by atoms with E-state index in [4.69, 9.17) is 14.0 Å². The van der Waals surface area contributed by atoms with E-state index in [1.165, 1.54) is 12.5 Å². The molecule has 0 aliphatic carbocycles. The number of carboxylic acids is 1. The number of hydrogen-bond acceptors (Lipinski definition) is 6. The SMILES string of the molecule is CC(C)C[C@H](NC(=O)CCc1nc(-c2ccoc2)no1)C(=O)O. The first-order valence-electron chi connectivity index (χ1n) is 7.33. The minimum atomic E-state index is -1.04. The van der Waals surface area contributed by atoms with Gasteiger partial charge in [0, 0.05) is 12.8 Å². The van der Waals surface area contributed by atoms with Crippen LogP contribution in [0.3, 0.4) is 0 Å². The summed E-state index contributed by atoms with van der Waals surface area (Å²) in [6.45, 7) is 3.80. The second-order valence-electron chi connectivity index (χ2n) is 5.61. The van der Waals surface area contributed by atoms with Crippen LogP contribution in [-0.4, -0.2) is 33.2 Å². The number of carboxylic acid groups (broad SMARTS) is 1. The van der Waals surface area contributed by atoms with Gasteiger partial charge < -0.3 is 19.4 Å². The fraction of sp³-hybridized carbons (Fsp3) is 0.467. The van der Waals surface area contributed by atoms with Crippen molar-refractivity contribution in [3.8, 4) is 11.4 Å². The number of carbonyl (C=O) groups excluding carboxylic acids is 1. The van der Waals surface area contributed by atoms with Crippen LogP contribution in [0.2, 0.25) is 0 Å². The molecule has 0 aliphatic heterocycles. The van der Waals surface area contributed by atoms with Crippen LogP contribution in [0.4, 0.5) is 0 Å². The Kier molecular flexibility index (Phi) is 5.51. The summed E-state index contributed by atoms with van der Waals surface area (Å²) >= 11 is 0. The molecule has 8 heteroatoms. The molecule has 0 fully saturated rings. The van der Waals surface area contributed by atoms with Crippen LogP contribution in [0, 0.1) is 5.92 Å². The second kappa shape index (κ2) is 7.57. The monoisotopic (exact) mass is 321 g/mol. The Hall–Kier alpha value is -2.64. The topological polar surface area (TPSA) is 118 Å². The van der Waals surface area contributed by atoms with Crippen molar-refractivity contribution in [1.82, 2.24) is 15.5 Å². The highest BCUT2D eigenvalue weighted by molar-refractivity contribution is 5.83. The van der Waals surface area contributed by atoms with Gasteiger partial charge in [0.15, 0.2) is 0 Å². The quantitative estimate of drug-likeness (QED) is 0.761. The van der Waals surface area contributed by atoms with E-state index in [2.05, 4.69) is 15.5 Å². The molecule has 124 valence electrons. The van der Waals surface area contributed by atoms with Gasteiger partial charge in [0.25, 0.3) is 0 Å². The van der Waals surface area contributed by atoms with Crippen molar-refractivity contribution >= 4 is 11.9 Å². The third kappa shape index (κ3) is 4.94. The highest BCUT2D eigenvalue weighted by Gasteiger charge is 2.21. The predicted molar refractivity (Wildman–Crippen MR) is 79.3 cm³/mol. The maximum Gasteiger partial charge on any atom is 0.326 e. The highest BCUT2D eigenvalue weighted by atomic mass is 16.5. The molecule has 8 nitrogen and oxygen atoms in total. The van der Waals surface area contributed by atoms with Crippen molar-refractivity contribution < 1.29 is 23.6 Å². The second-order valence-corrected chi connectivity index (χ2v) is 5.61. The molecule has 0 spiro atoms. The largest absolute Gasteiger partial charge is 0.480 e. The van der Waals surface area contributed by atoms with Gasteiger partial charge in [-0.05, 0) is 18.4 Å². The van der Waals surface area contributed by atoms with E-state index in [0.717, 1.165) is 0 Å². The summed E-state index contributed by atoms with van der Waals surface area (Å²) < 4.78 is 9.99. The maximum absolute atomic E-state index is 11.9. The first-order valence-corrected chi connectivity index (χ1v) is 7.33. The Morgan fingerprint density at radius 3 is 2.78 bits per heavy atom. The first kappa shape index (κ1) is 16.7. The summed E-state index contributed by atoms with van der Waals surface area (Å²) in [5.74, 6) is -0.525. The molecular weight excluding hydrogens is 302 g/mol. The molecule has 23 heavy (non-hydrogen) atoms. The lowest BCUT2D eigenvalue weighted by atomic mass is 10.0. The third-order valence-corrected chi connectivity index (χ3v) is 3.15. The van der Waals surface area contributed by atoms with Crippen LogP contribution in [-0.2, 0) is 16.0 Å². The predicted octanol–water partition coefficient (Wildman–Crippen LogP) is 1.88. The van der Waals surface area contributed by atoms with E-state index in [0.29, 0.717) is 23.7 Å². The van der Waals surface area contributed by atoms with Gasteiger partial charge in [-0.15, -0.1) is 0 Å². The summed E-state index contributed by atoms with van der Waals surface area (Å²) in [5, 5.41) is 15.4. The van der Waals surface area contributed by atoms with Crippen LogP contribution in [0.5, 0.6) is 0 Å². The van der Waals surface area contributed by atoms with E-state index >= 15 is 0 Å². The molecule has 2 heterocycles. The molecule has 0 aromatic carbocycles. The first-order chi connectivity index (χ1) is 11.0. The third-order valence-electron chi connectivity index (χ3n) is 3.15. The molecule has 1 atom stereocenters. The number of amides is 1. The molecule has 0 saturated carbocycles. The van der Waals surface area contributed by atoms with E-state index < -0.39 is 12.0 Å². The highest BCUT2D eigenvalue weighted by Crippen LogP contribution is 2.16. The van der Waals surface area contributed by atoms with Gasteiger partial charge in [-0.2, -0.15) is 4.98 Å². The lowest BCUT2D eigenvalue weighted by molar-refractivity contribution is -0.142. The van der Waals surface area contributed by atoms with Gasteiger partial charge >= 0.3 is 5.97 Å². The van der Waals surface area contributed by atoms with Crippen molar-refractivity contribution in [2.45, 2.75) is 39.2 Å². The van der Waals surface area contributed by atoms with Crippen molar-refractivity contribution in [3.63, 3.8) is 0 Å². The van der Waals surface area contributed by atoms with Crippen LogP contribution in [0.25, 0.3) is 11.4 Å². The Bertz CT molecular complexity index is 648. The van der Waals surface area contributed by atoms with E-state index in [1.807, 2.05) is 13.8 Å². The number of aromatic nitrogens is 2. The van der Waals surface area contributed by atoms with Crippen molar-refractivity contribution in [2.75, 3.05) is 0 Å². The molecule has 2 N–H and O–H groups in total. The smallest absolute Gasteiger partial charge is 0.326 e. The summed E-state index contributed by atoms with van der Waals surface area (Å²) in [6, 6.07) is 0.816. The number of carbonyl (C=O) groups is 2. The molecule has 2 aromatic rings. The normalized spacial score (nSPS) is 12.3. The van der Waals surface area contributed by atoms with Gasteiger partial charge in [0.1, 0.15) is 12.3 Å². The molecule has 2 rings (SSSR count). The van der Waals surface area contributed by atoms with Crippen LogP contribution in [0.1, 0.15) is 32.6 Å². The number of furan rings is 1. The lowest BCUT2D eigenvalue weighted by Crippen LogP contribution is -2.41. The minimum Gasteiger partial charge on any atom is -0.480 e. The Morgan fingerprint density at radius 2 is 2.17 bits per heavy atom. The molecule has 0 aliphatic rings. The summed E-state index contributed by atoms with van der Waals surface area (Å²) in [6.07, 6.45) is 3.69. The van der Waals surface area contributed by atoms with Crippen LogP contribution in [0.15, 0.2) is 27.5 Å². The minimum absolute atomic E-state index is 0.0783. The van der Waals surface area contributed by atoms with Crippen molar-refractivity contribution in [2.24, 2.45) is 5.92 Å². The Labute approximate surface area is 132 Å². The summed E-state index contributed by atoms with van der Waals surface area (Å²) in [5.41, 5.74) is 0.687. The van der Waals surface area contributed by atoms with Gasteiger partial charge in [0.2, 0.25) is 17.6 Å². The number of aryl methyl sites for hydroxylation is 1. The number of nitrogens with one attached hydrogen (secondary N) is 1. The molecular formula is C15H19N3O5. The molecule has 2 aromatic heterocycles. The Morgan fingerprint density at radius 1 is 1.39 bits per heavy atom. The lowest BCUT2D eigenvalue weighted by Gasteiger charge is -2.16. The molecule has 0 unspecified atom stereocenters.